The Labute approximate surface area is 179 Å². The monoisotopic (exact) mass is 419 g/mol. The summed E-state index contributed by atoms with van der Waals surface area (Å²) in [6.07, 6.45) is 10.5. The van der Waals surface area contributed by atoms with Gasteiger partial charge in [0.05, 0.1) is 13.2 Å². The van der Waals surface area contributed by atoms with Crippen LogP contribution in [0.1, 0.15) is 71.6 Å². The van der Waals surface area contributed by atoms with Crippen LogP contribution in [0.4, 0.5) is 5.82 Å². The number of hydrogen-bond acceptors (Lipinski definition) is 7. The van der Waals surface area contributed by atoms with Crippen molar-refractivity contribution in [3.8, 4) is 12.0 Å². The first-order valence-electron chi connectivity index (χ1n) is 11.4. The number of rotatable bonds is 12. The van der Waals surface area contributed by atoms with Crippen LogP contribution in [-0.4, -0.2) is 45.9 Å². The number of hydrogen-bond donors (Lipinski definition) is 1. The number of imidazole rings is 1. The van der Waals surface area contributed by atoms with Gasteiger partial charge in [0, 0.05) is 19.8 Å². The van der Waals surface area contributed by atoms with E-state index < -0.39 is 0 Å². The standard InChI is InChI=1S/C22H37N5O3/c1-4-9-16(2)30-21-25-19(23)18-20(26-21)27(22(24-18)28-3)13-8-6-5-7-10-17-11-14-29-15-12-17/h16-17H,4-15H2,1-3H3,(H2,23,25,26)/t16-/m0/s1. The van der Waals surface area contributed by atoms with Crippen LogP contribution >= 0.6 is 0 Å². The molecule has 2 aromatic heterocycles. The number of nitrogens with two attached hydrogens (primary N) is 1. The van der Waals surface area contributed by atoms with E-state index in [0.29, 0.717) is 29.0 Å². The summed E-state index contributed by atoms with van der Waals surface area (Å²) in [6, 6.07) is 0.827. The normalized spacial score (nSPS) is 16.1. The fourth-order valence-electron chi connectivity index (χ4n) is 4.13. The zero-order chi connectivity index (χ0) is 21.3. The van der Waals surface area contributed by atoms with E-state index >= 15 is 0 Å². The van der Waals surface area contributed by atoms with Crippen molar-refractivity contribution in [3.05, 3.63) is 0 Å². The van der Waals surface area contributed by atoms with Crippen molar-refractivity contribution in [3.63, 3.8) is 0 Å². The Morgan fingerprint density at radius 1 is 1.13 bits per heavy atom. The van der Waals surface area contributed by atoms with Gasteiger partial charge in [-0.05, 0) is 38.5 Å². The number of fused-ring (bicyclic) bond motifs is 1. The summed E-state index contributed by atoms with van der Waals surface area (Å²) >= 11 is 0. The summed E-state index contributed by atoms with van der Waals surface area (Å²) in [7, 11) is 1.62. The predicted molar refractivity (Wildman–Crippen MR) is 118 cm³/mol. The molecule has 1 aliphatic heterocycles. The van der Waals surface area contributed by atoms with Crippen LogP contribution in [0.3, 0.4) is 0 Å². The van der Waals surface area contributed by atoms with Gasteiger partial charge in [0.25, 0.3) is 6.01 Å². The molecule has 2 aromatic rings. The first kappa shape index (κ1) is 22.6. The molecule has 168 valence electrons. The number of unbranched alkanes of at least 4 members (excludes halogenated alkanes) is 3. The SMILES string of the molecule is CCC[C@H](C)Oc1nc(N)c2nc(OC)n(CCCCCCC3CCOCC3)c2n1. The van der Waals surface area contributed by atoms with Gasteiger partial charge in [0.1, 0.15) is 0 Å². The predicted octanol–water partition coefficient (Wildman–Crippen LogP) is 4.36. The molecule has 3 heterocycles. The minimum atomic E-state index is 0.0424. The Bertz CT molecular complexity index is 789. The molecule has 0 saturated carbocycles. The number of ether oxygens (including phenoxy) is 3. The highest BCUT2D eigenvalue weighted by Crippen LogP contribution is 2.27. The van der Waals surface area contributed by atoms with E-state index in [1.54, 1.807) is 7.11 Å². The highest BCUT2D eigenvalue weighted by Gasteiger charge is 2.19. The molecule has 8 nitrogen and oxygen atoms in total. The second-order valence-electron chi connectivity index (χ2n) is 8.29. The van der Waals surface area contributed by atoms with Gasteiger partial charge in [-0.3, -0.25) is 4.57 Å². The van der Waals surface area contributed by atoms with Crippen LogP contribution in [0.5, 0.6) is 12.0 Å². The molecule has 3 rings (SSSR count). The summed E-state index contributed by atoms with van der Waals surface area (Å²) in [6.45, 7) is 6.81. The van der Waals surface area contributed by atoms with Gasteiger partial charge < -0.3 is 19.9 Å². The average molecular weight is 420 g/mol. The number of aryl methyl sites for hydroxylation is 1. The zero-order valence-corrected chi connectivity index (χ0v) is 18.7. The van der Waals surface area contributed by atoms with Gasteiger partial charge in [-0.15, -0.1) is 0 Å². The summed E-state index contributed by atoms with van der Waals surface area (Å²) in [5.41, 5.74) is 7.39. The first-order valence-corrected chi connectivity index (χ1v) is 11.4. The van der Waals surface area contributed by atoms with E-state index in [4.69, 9.17) is 19.9 Å². The van der Waals surface area contributed by atoms with Crippen LogP contribution in [0.15, 0.2) is 0 Å². The number of nitrogen functional groups attached to an aromatic ring is 1. The third kappa shape index (κ3) is 5.97. The number of aromatic nitrogens is 4. The Kier molecular flexibility index (Phi) is 8.54. The van der Waals surface area contributed by atoms with Gasteiger partial charge >= 0.3 is 6.01 Å². The summed E-state index contributed by atoms with van der Waals surface area (Å²) in [5, 5.41) is 0. The minimum Gasteiger partial charge on any atom is -0.468 e. The fourth-order valence-corrected chi connectivity index (χ4v) is 4.13. The average Bonchev–Trinajstić information content (AvgIpc) is 3.09. The lowest BCUT2D eigenvalue weighted by molar-refractivity contribution is 0.0631. The molecule has 0 bridgehead atoms. The van der Waals surface area contributed by atoms with Crippen molar-refractivity contribution in [1.29, 1.82) is 0 Å². The molecule has 2 N–H and O–H groups in total. The van der Waals surface area contributed by atoms with Crippen LogP contribution in [0, 0.1) is 5.92 Å². The van der Waals surface area contributed by atoms with E-state index in [9.17, 15) is 0 Å². The molecule has 1 saturated heterocycles. The van der Waals surface area contributed by atoms with Crippen molar-refractivity contribution in [2.75, 3.05) is 26.1 Å². The molecule has 8 heteroatoms. The fraction of sp³-hybridized carbons (Fsp3) is 0.773. The third-order valence-corrected chi connectivity index (χ3v) is 5.84. The molecule has 0 unspecified atom stereocenters. The number of anilines is 1. The molecule has 0 spiro atoms. The van der Waals surface area contributed by atoms with Gasteiger partial charge in [-0.25, -0.2) is 0 Å². The molecule has 0 aromatic carbocycles. The van der Waals surface area contributed by atoms with Crippen molar-refractivity contribution < 1.29 is 14.2 Å². The quantitative estimate of drug-likeness (QED) is 0.510. The van der Waals surface area contributed by atoms with Crippen molar-refractivity contribution in [2.45, 2.75) is 84.3 Å². The highest BCUT2D eigenvalue weighted by atomic mass is 16.5. The zero-order valence-electron chi connectivity index (χ0n) is 18.7. The van der Waals surface area contributed by atoms with Gasteiger partial charge in [0.15, 0.2) is 17.0 Å². The second-order valence-corrected chi connectivity index (χ2v) is 8.29. The van der Waals surface area contributed by atoms with Crippen LogP contribution in [0.2, 0.25) is 0 Å². The maximum absolute atomic E-state index is 6.14. The topological polar surface area (TPSA) is 97.3 Å². The summed E-state index contributed by atoms with van der Waals surface area (Å²) in [5.74, 6) is 1.18. The Morgan fingerprint density at radius 3 is 2.63 bits per heavy atom. The van der Waals surface area contributed by atoms with E-state index in [-0.39, 0.29) is 6.10 Å². The number of nitrogens with zero attached hydrogens (tertiary/aromatic N) is 4. The molecule has 1 atom stereocenters. The van der Waals surface area contributed by atoms with Gasteiger partial charge in [-0.1, -0.05) is 39.0 Å². The van der Waals surface area contributed by atoms with E-state index in [1.165, 1.54) is 38.5 Å². The molecule has 1 fully saturated rings. The Morgan fingerprint density at radius 2 is 1.90 bits per heavy atom. The van der Waals surface area contributed by atoms with Crippen molar-refractivity contribution in [1.82, 2.24) is 19.5 Å². The molecule has 0 amide bonds. The van der Waals surface area contributed by atoms with Gasteiger partial charge in [-0.2, -0.15) is 15.0 Å². The molecule has 1 aliphatic rings. The summed E-state index contributed by atoms with van der Waals surface area (Å²) in [4.78, 5) is 13.4. The smallest absolute Gasteiger partial charge is 0.320 e. The highest BCUT2D eigenvalue weighted by molar-refractivity contribution is 5.83. The number of methoxy groups -OCH3 is 1. The minimum absolute atomic E-state index is 0.0424. The molecule has 0 aliphatic carbocycles. The van der Waals surface area contributed by atoms with Crippen LogP contribution in [0.25, 0.3) is 11.2 Å². The lowest BCUT2D eigenvalue weighted by Crippen LogP contribution is -2.15. The van der Waals surface area contributed by atoms with E-state index in [2.05, 4.69) is 21.9 Å². The Hall–Kier alpha value is -2.09. The molecular weight excluding hydrogens is 382 g/mol. The molecular formula is C22H37N5O3. The maximum atomic E-state index is 6.14. The summed E-state index contributed by atoms with van der Waals surface area (Å²) < 4.78 is 18.8. The van der Waals surface area contributed by atoms with E-state index in [1.807, 2.05) is 11.5 Å². The van der Waals surface area contributed by atoms with Crippen LogP contribution < -0.4 is 15.2 Å². The van der Waals surface area contributed by atoms with Crippen molar-refractivity contribution in [2.24, 2.45) is 5.92 Å². The van der Waals surface area contributed by atoms with Gasteiger partial charge in [0.2, 0.25) is 0 Å². The maximum Gasteiger partial charge on any atom is 0.320 e. The molecule has 30 heavy (non-hydrogen) atoms. The third-order valence-electron chi connectivity index (χ3n) is 5.84. The second kappa shape index (κ2) is 11.3. The van der Waals surface area contributed by atoms with Crippen LogP contribution in [-0.2, 0) is 11.3 Å². The molecule has 0 radical (unpaired) electrons. The lowest BCUT2D eigenvalue weighted by Gasteiger charge is -2.21. The largest absolute Gasteiger partial charge is 0.468 e. The van der Waals surface area contributed by atoms with Crippen molar-refractivity contribution >= 4 is 17.0 Å². The lowest BCUT2D eigenvalue weighted by atomic mass is 9.93. The first-order chi connectivity index (χ1) is 14.6. The van der Waals surface area contributed by atoms with E-state index in [0.717, 1.165) is 44.9 Å². The Balaban J connectivity index is 1.58.